The molecular weight excluding hydrogens is 508 g/mol. The Balaban J connectivity index is 2.03. The first-order chi connectivity index (χ1) is 20.8. The van der Waals surface area contributed by atoms with Crippen LogP contribution in [0.1, 0.15) is 226 Å². The van der Waals surface area contributed by atoms with Crippen molar-refractivity contribution in [3.05, 3.63) is 12.4 Å². The molecule has 1 atom stereocenters. The second kappa shape index (κ2) is 31.8. The third-order valence-corrected chi connectivity index (χ3v) is 9.82. The number of unbranched alkanes of at least 4 members (excludes halogenated alkanes) is 28. The largest absolute Gasteiger partial charge is 0.356 e. The Bertz CT molecular complexity index is 544. The minimum Gasteiger partial charge on any atom is -0.356 e. The van der Waals surface area contributed by atoms with Gasteiger partial charge in [-0.1, -0.05) is 201 Å². The molecule has 0 aliphatic carbocycles. The predicted molar refractivity (Wildman–Crippen MR) is 191 cm³/mol. The van der Waals surface area contributed by atoms with Crippen LogP contribution in [-0.2, 0) is 0 Å². The van der Waals surface area contributed by atoms with Crippen molar-refractivity contribution in [2.24, 2.45) is 0 Å². The summed E-state index contributed by atoms with van der Waals surface area (Å²) in [6.07, 6.45) is 51.5. The Morgan fingerprint density at radius 1 is 0.310 bits per heavy atom. The smallest absolute Gasteiger partial charge is 0.101 e. The van der Waals surface area contributed by atoms with Gasteiger partial charge in [-0.25, -0.2) is 0 Å². The van der Waals surface area contributed by atoms with Gasteiger partial charge in [0.2, 0.25) is 0 Å². The number of hydrogen-bond donors (Lipinski definition) is 0. The van der Waals surface area contributed by atoms with E-state index in [1.807, 2.05) is 0 Å². The predicted octanol–water partition coefficient (Wildman–Crippen LogP) is 13.9. The maximum atomic E-state index is 2.69. The van der Waals surface area contributed by atoms with Gasteiger partial charge in [0, 0.05) is 25.5 Å². The zero-order valence-corrected chi connectivity index (χ0v) is 29.7. The molecule has 0 saturated carbocycles. The van der Waals surface area contributed by atoms with E-state index in [-0.39, 0.29) is 0 Å². The van der Waals surface area contributed by atoms with Crippen molar-refractivity contribution >= 4 is 0 Å². The first-order valence-corrected chi connectivity index (χ1v) is 20.0. The molecule has 0 spiro atoms. The normalized spacial score (nSPS) is 15.0. The molecule has 0 aromatic heterocycles. The number of hydrogen-bond acceptors (Lipinski definition) is 2. The molecule has 0 radical (unpaired) electrons. The Kier molecular flexibility index (Phi) is 29.8. The van der Waals surface area contributed by atoms with Crippen LogP contribution in [0.5, 0.6) is 0 Å². The van der Waals surface area contributed by atoms with E-state index in [1.165, 1.54) is 219 Å². The van der Waals surface area contributed by atoms with Crippen molar-refractivity contribution in [2.75, 3.05) is 13.1 Å². The minimum atomic E-state index is 0.639. The van der Waals surface area contributed by atoms with Gasteiger partial charge < -0.3 is 9.80 Å². The molecule has 0 aromatic rings. The van der Waals surface area contributed by atoms with Gasteiger partial charge >= 0.3 is 0 Å². The molecule has 1 rings (SSSR count). The molecule has 250 valence electrons. The van der Waals surface area contributed by atoms with E-state index >= 15 is 0 Å². The highest BCUT2D eigenvalue weighted by Gasteiger charge is 2.24. The van der Waals surface area contributed by atoms with Gasteiger partial charge in [-0.05, 0) is 25.7 Å². The third kappa shape index (κ3) is 23.8. The summed E-state index contributed by atoms with van der Waals surface area (Å²) in [6.45, 7) is 9.49. The fourth-order valence-corrected chi connectivity index (χ4v) is 6.89. The van der Waals surface area contributed by atoms with Gasteiger partial charge in [-0.2, -0.15) is 0 Å². The molecule has 2 heteroatoms. The van der Waals surface area contributed by atoms with E-state index in [1.54, 1.807) is 0 Å². The van der Waals surface area contributed by atoms with Gasteiger partial charge in [0.25, 0.3) is 0 Å². The lowest BCUT2D eigenvalue weighted by Crippen LogP contribution is -2.39. The highest BCUT2D eigenvalue weighted by molar-refractivity contribution is 4.97. The lowest BCUT2D eigenvalue weighted by atomic mass is 10.0. The van der Waals surface area contributed by atoms with Crippen molar-refractivity contribution in [1.29, 1.82) is 0 Å². The Morgan fingerprint density at radius 2 is 0.548 bits per heavy atom. The van der Waals surface area contributed by atoms with E-state index in [0.29, 0.717) is 6.17 Å². The molecule has 1 unspecified atom stereocenters. The second-order valence-electron chi connectivity index (χ2n) is 13.9. The highest BCUT2D eigenvalue weighted by Crippen LogP contribution is 2.23. The van der Waals surface area contributed by atoms with Crippen LogP contribution in [0.15, 0.2) is 12.4 Å². The molecule has 1 aliphatic rings. The van der Waals surface area contributed by atoms with Crippen LogP contribution in [-0.4, -0.2) is 29.1 Å². The summed E-state index contributed by atoms with van der Waals surface area (Å²) in [5, 5.41) is 0. The van der Waals surface area contributed by atoms with E-state index < -0.39 is 0 Å². The Morgan fingerprint density at radius 3 is 0.833 bits per heavy atom. The minimum absolute atomic E-state index is 0.639. The molecule has 42 heavy (non-hydrogen) atoms. The number of nitrogens with zero attached hydrogens (tertiary/aromatic N) is 2. The molecule has 2 nitrogen and oxygen atoms in total. The van der Waals surface area contributed by atoms with E-state index in [9.17, 15) is 0 Å². The summed E-state index contributed by atoms with van der Waals surface area (Å²) < 4.78 is 0. The van der Waals surface area contributed by atoms with Crippen molar-refractivity contribution in [2.45, 2.75) is 232 Å². The van der Waals surface area contributed by atoms with Crippen molar-refractivity contribution < 1.29 is 0 Å². The Labute approximate surface area is 267 Å². The lowest BCUT2D eigenvalue weighted by Gasteiger charge is -2.33. The summed E-state index contributed by atoms with van der Waals surface area (Å²) in [5.74, 6) is 0. The fourth-order valence-electron chi connectivity index (χ4n) is 6.89. The standard InChI is InChI=1S/C40H80N2/c1-4-7-10-12-14-16-18-20-21-23-25-27-29-31-34-37-42-39-38-41(40(42)35-32-9-6-3)36-33-30-28-26-24-22-19-17-15-13-11-8-5-2/h38-40H,4-37H2,1-3H3. The quantitative estimate of drug-likeness (QED) is 0.0690. The van der Waals surface area contributed by atoms with Crippen LogP contribution in [0, 0.1) is 0 Å². The molecule has 0 saturated heterocycles. The molecule has 0 fully saturated rings. The molecule has 0 bridgehead atoms. The van der Waals surface area contributed by atoms with Crippen LogP contribution >= 0.6 is 0 Å². The first kappa shape index (κ1) is 39.4. The van der Waals surface area contributed by atoms with Crippen LogP contribution in [0.25, 0.3) is 0 Å². The van der Waals surface area contributed by atoms with Crippen molar-refractivity contribution in [1.82, 2.24) is 9.80 Å². The van der Waals surface area contributed by atoms with Crippen LogP contribution in [0.2, 0.25) is 0 Å². The van der Waals surface area contributed by atoms with Gasteiger partial charge in [0.05, 0.1) is 0 Å². The summed E-state index contributed by atoms with van der Waals surface area (Å²) in [6, 6.07) is 0. The van der Waals surface area contributed by atoms with Crippen LogP contribution in [0.3, 0.4) is 0 Å². The van der Waals surface area contributed by atoms with Gasteiger partial charge in [-0.3, -0.25) is 0 Å². The Hall–Kier alpha value is -0.660. The van der Waals surface area contributed by atoms with Crippen molar-refractivity contribution in [3.63, 3.8) is 0 Å². The summed E-state index contributed by atoms with van der Waals surface area (Å²) >= 11 is 0. The maximum Gasteiger partial charge on any atom is 0.101 e. The molecule has 0 N–H and O–H groups in total. The molecule has 0 amide bonds. The van der Waals surface area contributed by atoms with E-state index in [0.717, 1.165) is 0 Å². The summed E-state index contributed by atoms with van der Waals surface area (Å²) in [7, 11) is 0. The van der Waals surface area contributed by atoms with Gasteiger partial charge in [-0.15, -0.1) is 0 Å². The van der Waals surface area contributed by atoms with E-state index in [4.69, 9.17) is 0 Å². The van der Waals surface area contributed by atoms with Crippen LogP contribution < -0.4 is 0 Å². The van der Waals surface area contributed by atoms with Crippen molar-refractivity contribution in [3.8, 4) is 0 Å². The van der Waals surface area contributed by atoms with Gasteiger partial charge in [0.1, 0.15) is 6.17 Å². The highest BCUT2D eigenvalue weighted by atomic mass is 15.4. The van der Waals surface area contributed by atoms with E-state index in [2.05, 4.69) is 43.0 Å². The topological polar surface area (TPSA) is 6.48 Å². The average Bonchev–Trinajstić information content (AvgIpc) is 3.38. The zero-order chi connectivity index (χ0) is 30.2. The molecular formula is C40H80N2. The fraction of sp³-hybridized carbons (Fsp3) is 0.950. The summed E-state index contributed by atoms with van der Waals surface area (Å²) in [4.78, 5) is 5.39. The SMILES string of the molecule is CCCCCCCCCCCCCCCCCN1C=CN(CCCCCCCCCCCCCCC)C1CCCCC. The zero-order valence-electron chi connectivity index (χ0n) is 29.7. The lowest BCUT2D eigenvalue weighted by molar-refractivity contribution is 0.135. The maximum absolute atomic E-state index is 2.69. The molecule has 1 heterocycles. The first-order valence-electron chi connectivity index (χ1n) is 20.0. The number of rotatable bonds is 34. The van der Waals surface area contributed by atoms with Gasteiger partial charge in [0.15, 0.2) is 0 Å². The second-order valence-corrected chi connectivity index (χ2v) is 13.9. The third-order valence-electron chi connectivity index (χ3n) is 9.82. The summed E-state index contributed by atoms with van der Waals surface area (Å²) in [5.41, 5.74) is 0. The van der Waals surface area contributed by atoms with Crippen LogP contribution in [0.4, 0.5) is 0 Å². The molecule has 0 aromatic carbocycles. The average molecular weight is 589 g/mol. The molecule has 1 aliphatic heterocycles. The monoisotopic (exact) mass is 589 g/mol.